The Kier molecular flexibility index (Phi) is 6.14. The Hall–Kier alpha value is -4.01. The van der Waals surface area contributed by atoms with Crippen LogP contribution in [0.15, 0.2) is 101 Å². The first-order valence-corrected chi connectivity index (χ1v) is 14.1. The minimum absolute atomic E-state index is 0.0749. The van der Waals surface area contributed by atoms with Crippen molar-refractivity contribution in [3.05, 3.63) is 129 Å². The summed E-state index contributed by atoms with van der Waals surface area (Å²) in [6.07, 6.45) is 1.36. The molecule has 0 unspecified atom stereocenters. The molecule has 1 saturated heterocycles. The highest BCUT2D eigenvalue weighted by Crippen LogP contribution is 2.44. The number of thioether (sulfide) groups is 1. The Bertz CT molecular complexity index is 1560. The van der Waals surface area contributed by atoms with Crippen LogP contribution in [0.25, 0.3) is 0 Å². The highest BCUT2D eigenvalue weighted by atomic mass is 32.2. The SMILES string of the molecule is O=C1c2c(OCc3ccccc3)c(=O)ccn2N([C@H]2c3ccccc3CSc3ccccc32)[C@@H]2COCCN12. The Morgan fingerprint density at radius 1 is 0.897 bits per heavy atom. The van der Waals surface area contributed by atoms with Gasteiger partial charge in [-0.1, -0.05) is 72.8 Å². The maximum atomic E-state index is 14.0. The lowest BCUT2D eigenvalue weighted by Gasteiger charge is -2.51. The van der Waals surface area contributed by atoms with Crippen molar-refractivity contribution in [1.82, 2.24) is 9.58 Å². The average molecular weight is 538 g/mol. The third-order valence-corrected chi connectivity index (χ3v) is 8.73. The van der Waals surface area contributed by atoms with Crippen LogP contribution in [0.1, 0.15) is 38.8 Å². The maximum absolute atomic E-state index is 14.0. The van der Waals surface area contributed by atoms with Gasteiger partial charge in [0.2, 0.25) is 5.43 Å². The fourth-order valence-corrected chi connectivity index (χ4v) is 6.86. The molecule has 1 aromatic heterocycles. The van der Waals surface area contributed by atoms with Crippen LogP contribution >= 0.6 is 11.8 Å². The Morgan fingerprint density at radius 2 is 1.67 bits per heavy atom. The number of hydrogen-bond donors (Lipinski definition) is 0. The van der Waals surface area contributed by atoms with Crippen LogP contribution in [-0.2, 0) is 17.1 Å². The summed E-state index contributed by atoms with van der Waals surface area (Å²) in [5, 5.41) is 2.20. The molecule has 3 aliphatic rings. The first-order chi connectivity index (χ1) is 19.2. The minimum atomic E-state index is -0.350. The molecular weight excluding hydrogens is 510 g/mol. The van der Waals surface area contributed by atoms with E-state index in [0.717, 1.165) is 16.9 Å². The smallest absolute Gasteiger partial charge is 0.278 e. The van der Waals surface area contributed by atoms with E-state index >= 15 is 0 Å². The topological polar surface area (TPSA) is 64.0 Å². The van der Waals surface area contributed by atoms with E-state index in [1.807, 2.05) is 51.7 Å². The summed E-state index contributed by atoms with van der Waals surface area (Å²) in [7, 11) is 0. The minimum Gasteiger partial charge on any atom is -0.482 e. The van der Waals surface area contributed by atoms with Gasteiger partial charge in [0.15, 0.2) is 11.4 Å². The van der Waals surface area contributed by atoms with E-state index < -0.39 is 0 Å². The molecule has 8 heteroatoms. The number of aromatic nitrogens is 1. The van der Waals surface area contributed by atoms with Gasteiger partial charge in [-0.25, -0.2) is 0 Å². The molecule has 0 spiro atoms. The van der Waals surface area contributed by atoms with Crippen LogP contribution in [0.3, 0.4) is 0 Å². The van der Waals surface area contributed by atoms with Gasteiger partial charge in [0.1, 0.15) is 12.8 Å². The molecule has 196 valence electrons. The van der Waals surface area contributed by atoms with Crippen molar-refractivity contribution < 1.29 is 14.3 Å². The van der Waals surface area contributed by atoms with Gasteiger partial charge >= 0.3 is 0 Å². The lowest BCUT2D eigenvalue weighted by atomic mass is 9.93. The van der Waals surface area contributed by atoms with Crippen LogP contribution in [-0.4, -0.2) is 41.4 Å². The highest BCUT2D eigenvalue weighted by Gasteiger charge is 2.46. The van der Waals surface area contributed by atoms with E-state index in [1.165, 1.54) is 22.1 Å². The monoisotopic (exact) mass is 537 g/mol. The second-order valence-electron chi connectivity index (χ2n) is 9.84. The average Bonchev–Trinajstić information content (AvgIpc) is 3.15. The third kappa shape index (κ3) is 4.11. The predicted octanol–water partition coefficient (Wildman–Crippen LogP) is 4.57. The highest BCUT2D eigenvalue weighted by molar-refractivity contribution is 7.98. The number of ether oxygens (including phenoxy) is 2. The summed E-state index contributed by atoms with van der Waals surface area (Å²) in [5.41, 5.74) is 4.44. The van der Waals surface area contributed by atoms with Crippen LogP contribution in [0.4, 0.5) is 0 Å². The van der Waals surface area contributed by atoms with E-state index in [0.29, 0.717) is 19.8 Å². The first-order valence-electron chi connectivity index (χ1n) is 13.1. The number of benzene rings is 3. The summed E-state index contributed by atoms with van der Waals surface area (Å²) in [4.78, 5) is 30.2. The number of fused-ring (bicyclic) bond motifs is 4. The predicted molar refractivity (Wildman–Crippen MR) is 150 cm³/mol. The van der Waals surface area contributed by atoms with Crippen molar-refractivity contribution >= 4 is 17.7 Å². The summed E-state index contributed by atoms with van der Waals surface area (Å²) < 4.78 is 13.9. The molecule has 3 aliphatic heterocycles. The third-order valence-electron chi connectivity index (χ3n) is 7.59. The standard InChI is InChI=1S/C31H27N3O4S/c35-25-14-15-33-29(30(25)38-18-21-8-2-1-3-9-21)31(36)32-16-17-37-19-27(32)34(33)28-23-11-5-4-10-22(23)20-39-26-13-7-6-12-24(26)28/h1-15,27-28H,16-20H2/t27-,28+/m1/s1. The van der Waals surface area contributed by atoms with Gasteiger partial charge in [0.05, 0.1) is 19.3 Å². The molecule has 7 nitrogen and oxygen atoms in total. The molecule has 0 saturated carbocycles. The number of rotatable bonds is 4. The molecule has 0 radical (unpaired) electrons. The van der Waals surface area contributed by atoms with Crippen molar-refractivity contribution in [2.75, 3.05) is 24.8 Å². The second kappa shape index (κ2) is 9.94. The zero-order valence-electron chi connectivity index (χ0n) is 21.2. The summed E-state index contributed by atoms with van der Waals surface area (Å²) in [6, 6.07) is 27.9. The quantitative estimate of drug-likeness (QED) is 0.380. The fraction of sp³-hybridized carbons (Fsp3) is 0.226. The number of amides is 1. The molecule has 4 aromatic rings. The molecule has 0 N–H and O–H groups in total. The summed E-state index contributed by atoms with van der Waals surface area (Å²) >= 11 is 1.82. The molecule has 4 heterocycles. The van der Waals surface area contributed by atoms with E-state index in [2.05, 4.69) is 53.5 Å². The van der Waals surface area contributed by atoms with Crippen molar-refractivity contribution in [2.24, 2.45) is 0 Å². The summed E-state index contributed by atoms with van der Waals surface area (Å²) in [5.74, 6) is 0.708. The molecular formula is C31H27N3O4S. The van der Waals surface area contributed by atoms with Gasteiger partial charge in [-0.2, -0.15) is 0 Å². The molecule has 1 amide bonds. The number of morpholine rings is 1. The van der Waals surface area contributed by atoms with Crippen molar-refractivity contribution in [2.45, 2.75) is 29.5 Å². The van der Waals surface area contributed by atoms with E-state index in [4.69, 9.17) is 9.47 Å². The van der Waals surface area contributed by atoms with Crippen LogP contribution in [0.2, 0.25) is 0 Å². The maximum Gasteiger partial charge on any atom is 0.278 e. The Labute approximate surface area is 230 Å². The van der Waals surface area contributed by atoms with Gasteiger partial charge < -0.3 is 14.4 Å². The second-order valence-corrected chi connectivity index (χ2v) is 10.9. The van der Waals surface area contributed by atoms with Gasteiger partial charge in [0.25, 0.3) is 5.91 Å². The first kappa shape index (κ1) is 24.1. The van der Waals surface area contributed by atoms with Gasteiger partial charge in [-0.05, 0) is 28.3 Å². The molecule has 3 aromatic carbocycles. The van der Waals surface area contributed by atoms with Crippen molar-refractivity contribution in [3.8, 4) is 5.75 Å². The molecule has 0 bridgehead atoms. The number of nitrogens with zero attached hydrogens (tertiary/aromatic N) is 3. The van der Waals surface area contributed by atoms with Gasteiger partial charge in [0, 0.05) is 29.5 Å². The van der Waals surface area contributed by atoms with Crippen molar-refractivity contribution in [3.63, 3.8) is 0 Å². The van der Waals surface area contributed by atoms with E-state index in [-0.39, 0.29) is 41.6 Å². The van der Waals surface area contributed by atoms with Crippen LogP contribution in [0, 0.1) is 0 Å². The van der Waals surface area contributed by atoms with Gasteiger partial charge in [-0.15, -0.1) is 11.8 Å². The zero-order valence-corrected chi connectivity index (χ0v) is 22.0. The number of pyridine rings is 1. The largest absolute Gasteiger partial charge is 0.482 e. The van der Waals surface area contributed by atoms with Crippen LogP contribution in [0.5, 0.6) is 5.75 Å². The molecule has 0 aliphatic carbocycles. The Morgan fingerprint density at radius 3 is 2.54 bits per heavy atom. The molecule has 1 fully saturated rings. The number of hydrogen-bond acceptors (Lipinski definition) is 6. The Balaban J connectivity index is 1.43. The molecule has 7 rings (SSSR count). The molecule has 39 heavy (non-hydrogen) atoms. The lowest BCUT2D eigenvalue weighted by molar-refractivity contribution is -0.0199. The summed E-state index contributed by atoms with van der Waals surface area (Å²) in [6.45, 7) is 1.44. The molecule has 2 atom stereocenters. The fourth-order valence-electron chi connectivity index (χ4n) is 5.77. The lowest BCUT2D eigenvalue weighted by Crippen LogP contribution is -2.66. The van der Waals surface area contributed by atoms with E-state index in [1.54, 1.807) is 6.20 Å². The van der Waals surface area contributed by atoms with Crippen LogP contribution < -0.4 is 15.2 Å². The van der Waals surface area contributed by atoms with Gasteiger partial charge in [-0.3, -0.25) is 19.3 Å². The number of carbonyl (C=O) groups is 1. The zero-order chi connectivity index (χ0) is 26.3. The van der Waals surface area contributed by atoms with Crippen molar-refractivity contribution in [1.29, 1.82) is 0 Å². The normalized spacial score (nSPS) is 19.8. The number of carbonyl (C=O) groups excluding carboxylic acids is 1. The van der Waals surface area contributed by atoms with E-state index in [9.17, 15) is 9.59 Å².